The van der Waals surface area contributed by atoms with Crippen molar-refractivity contribution in [1.82, 2.24) is 5.32 Å². The molecule has 5 heteroatoms. The number of nitrogens with one attached hydrogen (secondary N) is 1. The van der Waals surface area contributed by atoms with Gasteiger partial charge in [0.05, 0.1) is 12.1 Å². The Hall–Kier alpha value is -0.910. The summed E-state index contributed by atoms with van der Waals surface area (Å²) >= 11 is 1.47. The summed E-state index contributed by atoms with van der Waals surface area (Å²) in [5.41, 5.74) is 5.86. The van der Waals surface area contributed by atoms with Crippen LogP contribution in [0.5, 0.6) is 0 Å². The van der Waals surface area contributed by atoms with Crippen molar-refractivity contribution in [2.45, 2.75) is 43.9 Å². The Kier molecular flexibility index (Phi) is 4.15. The second-order valence-electron chi connectivity index (χ2n) is 4.46. The molecule has 0 spiro atoms. The van der Waals surface area contributed by atoms with Gasteiger partial charge in [-0.15, -0.1) is 11.3 Å². The molecule has 0 bridgehead atoms. The fraction of sp³-hybridized carbons (Fsp3) is 0.583. The molecule has 0 aromatic carbocycles. The minimum atomic E-state index is -0.621. The first-order chi connectivity index (χ1) is 8.18. The van der Waals surface area contributed by atoms with Gasteiger partial charge in [0, 0.05) is 4.88 Å². The number of aliphatic hydroxyl groups is 1. The third kappa shape index (κ3) is 3.06. The first-order valence-electron chi connectivity index (χ1n) is 5.96. The molecule has 1 fully saturated rings. The molecule has 1 aliphatic rings. The van der Waals surface area contributed by atoms with E-state index in [1.807, 2.05) is 17.5 Å². The van der Waals surface area contributed by atoms with E-state index >= 15 is 0 Å². The predicted molar refractivity (Wildman–Crippen MR) is 67.7 cm³/mol. The molecular weight excluding hydrogens is 236 g/mol. The number of amides is 1. The molecule has 1 saturated carbocycles. The van der Waals surface area contributed by atoms with Crippen LogP contribution in [0.4, 0.5) is 0 Å². The Morgan fingerprint density at radius 2 is 2.29 bits per heavy atom. The van der Waals surface area contributed by atoms with Crippen LogP contribution in [0.3, 0.4) is 0 Å². The standard InChI is InChI=1S/C12H18N2O2S/c13-11(10-6-3-7-17-10)12(16)14-8-4-1-2-5-9(8)15/h3,6-9,11,15H,1-2,4-5,13H2,(H,14,16). The summed E-state index contributed by atoms with van der Waals surface area (Å²) in [6.45, 7) is 0. The van der Waals surface area contributed by atoms with E-state index in [0.717, 1.165) is 30.6 Å². The predicted octanol–water partition coefficient (Wildman–Crippen LogP) is 1.17. The summed E-state index contributed by atoms with van der Waals surface area (Å²) in [4.78, 5) is 12.8. The van der Waals surface area contributed by atoms with Gasteiger partial charge in [-0.25, -0.2) is 0 Å². The maximum atomic E-state index is 11.9. The second-order valence-corrected chi connectivity index (χ2v) is 5.44. The third-order valence-electron chi connectivity index (χ3n) is 3.19. The Morgan fingerprint density at radius 3 is 2.94 bits per heavy atom. The monoisotopic (exact) mass is 254 g/mol. The van der Waals surface area contributed by atoms with Crippen LogP contribution < -0.4 is 11.1 Å². The third-order valence-corrected chi connectivity index (χ3v) is 4.14. The van der Waals surface area contributed by atoms with Gasteiger partial charge in [-0.2, -0.15) is 0 Å². The lowest BCUT2D eigenvalue weighted by atomic mass is 9.92. The minimum Gasteiger partial charge on any atom is -0.391 e. The van der Waals surface area contributed by atoms with Crippen LogP contribution in [0.1, 0.15) is 36.6 Å². The number of carbonyl (C=O) groups excluding carboxylic acids is 1. The minimum absolute atomic E-state index is 0.137. The Bertz CT molecular complexity index is 367. The summed E-state index contributed by atoms with van der Waals surface area (Å²) < 4.78 is 0. The topological polar surface area (TPSA) is 75.4 Å². The van der Waals surface area contributed by atoms with E-state index in [2.05, 4.69) is 5.32 Å². The summed E-state index contributed by atoms with van der Waals surface area (Å²) in [6, 6.07) is 2.97. The summed E-state index contributed by atoms with van der Waals surface area (Å²) in [5.74, 6) is -0.196. The highest BCUT2D eigenvalue weighted by Gasteiger charge is 2.27. The van der Waals surface area contributed by atoms with Crippen LogP contribution in [-0.4, -0.2) is 23.2 Å². The van der Waals surface area contributed by atoms with Crippen LogP contribution in [0.25, 0.3) is 0 Å². The molecule has 3 unspecified atom stereocenters. The first-order valence-corrected chi connectivity index (χ1v) is 6.84. The van der Waals surface area contributed by atoms with Gasteiger partial charge in [-0.1, -0.05) is 18.9 Å². The first kappa shape index (κ1) is 12.5. The molecule has 2 rings (SSSR count). The number of thiophene rings is 1. The van der Waals surface area contributed by atoms with Crippen molar-refractivity contribution in [2.75, 3.05) is 0 Å². The molecule has 0 radical (unpaired) electrons. The quantitative estimate of drug-likeness (QED) is 0.758. The summed E-state index contributed by atoms with van der Waals surface area (Å²) in [7, 11) is 0. The van der Waals surface area contributed by atoms with Gasteiger partial charge in [0.2, 0.25) is 5.91 Å². The van der Waals surface area contributed by atoms with Gasteiger partial charge in [0.25, 0.3) is 0 Å². The molecule has 1 heterocycles. The van der Waals surface area contributed by atoms with Crippen LogP contribution >= 0.6 is 11.3 Å². The SMILES string of the molecule is NC(C(=O)NC1CCCCC1O)c1cccs1. The van der Waals surface area contributed by atoms with Crippen molar-refractivity contribution in [3.05, 3.63) is 22.4 Å². The lowest BCUT2D eigenvalue weighted by Crippen LogP contribution is -2.47. The molecule has 4 N–H and O–H groups in total. The van der Waals surface area contributed by atoms with Gasteiger partial charge in [0.15, 0.2) is 0 Å². The van der Waals surface area contributed by atoms with Crippen molar-refractivity contribution >= 4 is 17.2 Å². The van der Waals surface area contributed by atoms with Crippen molar-refractivity contribution in [3.8, 4) is 0 Å². The van der Waals surface area contributed by atoms with Gasteiger partial charge in [0.1, 0.15) is 6.04 Å². The van der Waals surface area contributed by atoms with Gasteiger partial charge in [-0.3, -0.25) is 4.79 Å². The van der Waals surface area contributed by atoms with Crippen LogP contribution in [0, 0.1) is 0 Å². The zero-order valence-corrected chi connectivity index (χ0v) is 10.5. The average Bonchev–Trinajstić information content (AvgIpc) is 2.84. The second kappa shape index (κ2) is 5.62. The number of aliphatic hydroxyl groups excluding tert-OH is 1. The van der Waals surface area contributed by atoms with Crippen molar-refractivity contribution in [1.29, 1.82) is 0 Å². The molecule has 0 saturated heterocycles. The molecule has 0 aliphatic heterocycles. The van der Waals surface area contributed by atoms with Crippen LogP contribution in [0.2, 0.25) is 0 Å². The number of hydrogen-bond donors (Lipinski definition) is 3. The highest BCUT2D eigenvalue weighted by atomic mass is 32.1. The molecule has 1 aliphatic carbocycles. The number of hydrogen-bond acceptors (Lipinski definition) is 4. The average molecular weight is 254 g/mol. The van der Waals surface area contributed by atoms with Crippen molar-refractivity contribution in [2.24, 2.45) is 5.73 Å². The van der Waals surface area contributed by atoms with Gasteiger partial charge < -0.3 is 16.2 Å². The largest absolute Gasteiger partial charge is 0.391 e. The highest BCUT2D eigenvalue weighted by molar-refractivity contribution is 7.10. The fourth-order valence-electron chi connectivity index (χ4n) is 2.15. The number of rotatable bonds is 3. The molecule has 1 aromatic rings. The fourth-order valence-corrected chi connectivity index (χ4v) is 2.87. The van der Waals surface area contributed by atoms with Crippen LogP contribution in [-0.2, 0) is 4.79 Å². The molecule has 3 atom stereocenters. The summed E-state index contributed by atoms with van der Waals surface area (Å²) in [6.07, 6.45) is 3.26. The Morgan fingerprint density at radius 1 is 1.53 bits per heavy atom. The number of carbonyl (C=O) groups is 1. The van der Waals surface area contributed by atoms with Crippen molar-refractivity contribution in [3.63, 3.8) is 0 Å². The van der Waals surface area contributed by atoms with Gasteiger partial charge >= 0.3 is 0 Å². The van der Waals surface area contributed by atoms with E-state index in [9.17, 15) is 9.90 Å². The zero-order valence-electron chi connectivity index (χ0n) is 9.63. The lowest BCUT2D eigenvalue weighted by molar-refractivity contribution is -0.124. The maximum Gasteiger partial charge on any atom is 0.242 e. The molecule has 1 aromatic heterocycles. The Balaban J connectivity index is 1.92. The zero-order chi connectivity index (χ0) is 12.3. The van der Waals surface area contributed by atoms with E-state index in [1.165, 1.54) is 11.3 Å². The molecule has 1 amide bonds. The van der Waals surface area contributed by atoms with E-state index < -0.39 is 12.1 Å². The molecule has 4 nitrogen and oxygen atoms in total. The summed E-state index contributed by atoms with van der Waals surface area (Å²) in [5, 5.41) is 14.5. The Labute approximate surface area is 105 Å². The van der Waals surface area contributed by atoms with E-state index in [4.69, 9.17) is 5.73 Å². The normalized spacial score (nSPS) is 26.5. The van der Waals surface area contributed by atoms with E-state index in [1.54, 1.807) is 0 Å². The number of nitrogens with two attached hydrogens (primary N) is 1. The smallest absolute Gasteiger partial charge is 0.242 e. The maximum absolute atomic E-state index is 11.9. The van der Waals surface area contributed by atoms with Crippen LogP contribution in [0.15, 0.2) is 17.5 Å². The molecule has 17 heavy (non-hydrogen) atoms. The lowest BCUT2D eigenvalue weighted by Gasteiger charge is -2.29. The highest BCUT2D eigenvalue weighted by Crippen LogP contribution is 2.21. The van der Waals surface area contributed by atoms with Gasteiger partial charge in [-0.05, 0) is 24.3 Å². The van der Waals surface area contributed by atoms with Crippen molar-refractivity contribution < 1.29 is 9.90 Å². The molecule has 94 valence electrons. The molecular formula is C12H18N2O2S. The van der Waals surface area contributed by atoms with E-state index in [-0.39, 0.29) is 11.9 Å². The van der Waals surface area contributed by atoms with E-state index in [0.29, 0.717) is 0 Å².